The lowest BCUT2D eigenvalue weighted by Gasteiger charge is -2.22. The lowest BCUT2D eigenvalue weighted by atomic mass is 10.1. The summed E-state index contributed by atoms with van der Waals surface area (Å²) in [4.78, 5) is 17.2. The minimum atomic E-state index is -3.90. The lowest BCUT2D eigenvalue weighted by molar-refractivity contribution is 0.0760. The number of anilines is 1. The molecule has 1 aliphatic rings. The van der Waals surface area contributed by atoms with Crippen molar-refractivity contribution in [1.82, 2.24) is 9.80 Å². The molecular weight excluding hydrogens is 393 g/mol. The number of carbonyl (C=O) groups excluding carboxylic acids is 1. The normalized spacial score (nSPS) is 15.8. The van der Waals surface area contributed by atoms with Gasteiger partial charge in [-0.25, -0.2) is 12.8 Å². The number of benzene rings is 2. The molecule has 0 aliphatic carbocycles. The third kappa shape index (κ3) is 5.13. The van der Waals surface area contributed by atoms with E-state index in [2.05, 4.69) is 16.5 Å². The standard InChI is InChI=1S/C21H26FN3O3S/c1-3-24-11-4-12-25(14-13-24)21(26)20-15-19(10-5-16(20)2)29(27,28)23-18-8-6-17(22)7-9-18/h5-10,15,23H,3-4,11-14H2,1-2H3. The summed E-state index contributed by atoms with van der Waals surface area (Å²) in [7, 11) is -3.90. The van der Waals surface area contributed by atoms with Crippen molar-refractivity contribution in [3.8, 4) is 0 Å². The van der Waals surface area contributed by atoms with E-state index in [-0.39, 0.29) is 16.5 Å². The van der Waals surface area contributed by atoms with Crippen molar-refractivity contribution in [2.24, 2.45) is 0 Å². The Bertz CT molecular complexity index is 977. The zero-order valence-corrected chi connectivity index (χ0v) is 17.5. The maximum atomic E-state index is 13.1. The van der Waals surface area contributed by atoms with Crippen LogP contribution in [0.25, 0.3) is 0 Å². The van der Waals surface area contributed by atoms with Gasteiger partial charge in [0.1, 0.15) is 5.82 Å². The number of rotatable bonds is 5. The van der Waals surface area contributed by atoms with Gasteiger partial charge in [0.25, 0.3) is 15.9 Å². The highest BCUT2D eigenvalue weighted by Gasteiger charge is 2.23. The first-order valence-corrected chi connectivity index (χ1v) is 11.2. The number of hydrogen-bond acceptors (Lipinski definition) is 4. The van der Waals surface area contributed by atoms with Crippen LogP contribution in [0.15, 0.2) is 47.4 Å². The van der Waals surface area contributed by atoms with E-state index in [9.17, 15) is 17.6 Å². The van der Waals surface area contributed by atoms with Gasteiger partial charge in [-0.05, 0) is 68.4 Å². The van der Waals surface area contributed by atoms with E-state index in [1.165, 1.54) is 36.4 Å². The average molecular weight is 420 g/mol. The minimum Gasteiger partial charge on any atom is -0.337 e. The van der Waals surface area contributed by atoms with E-state index in [1.54, 1.807) is 17.9 Å². The van der Waals surface area contributed by atoms with Crippen LogP contribution in [0.1, 0.15) is 29.3 Å². The predicted octanol–water partition coefficient (Wildman–Crippen LogP) is 3.10. The molecule has 2 aromatic carbocycles. The number of nitrogens with zero attached hydrogens (tertiary/aromatic N) is 2. The molecule has 0 saturated carbocycles. The molecule has 1 N–H and O–H groups in total. The van der Waals surface area contributed by atoms with Crippen LogP contribution in [-0.4, -0.2) is 56.8 Å². The molecule has 1 aliphatic heterocycles. The van der Waals surface area contributed by atoms with Crippen molar-refractivity contribution in [3.05, 3.63) is 59.4 Å². The van der Waals surface area contributed by atoms with Crippen molar-refractivity contribution in [3.63, 3.8) is 0 Å². The molecule has 0 unspecified atom stereocenters. The Labute approximate surface area is 171 Å². The molecule has 0 bridgehead atoms. The fourth-order valence-electron chi connectivity index (χ4n) is 3.39. The summed E-state index contributed by atoms with van der Waals surface area (Å²) in [5.41, 5.74) is 1.37. The fourth-order valence-corrected chi connectivity index (χ4v) is 4.48. The molecule has 156 valence electrons. The summed E-state index contributed by atoms with van der Waals surface area (Å²) in [6.45, 7) is 7.89. The summed E-state index contributed by atoms with van der Waals surface area (Å²) in [5, 5.41) is 0. The van der Waals surface area contributed by atoms with Crippen LogP contribution < -0.4 is 4.72 Å². The fraction of sp³-hybridized carbons (Fsp3) is 0.381. The van der Waals surface area contributed by atoms with Crippen LogP contribution in [0.5, 0.6) is 0 Å². The number of halogens is 1. The van der Waals surface area contributed by atoms with Gasteiger partial charge in [-0.3, -0.25) is 9.52 Å². The Balaban J connectivity index is 1.83. The number of aryl methyl sites for hydroxylation is 1. The molecule has 1 saturated heterocycles. The number of amides is 1. The Morgan fingerprint density at radius 1 is 1.07 bits per heavy atom. The highest BCUT2D eigenvalue weighted by molar-refractivity contribution is 7.92. The lowest BCUT2D eigenvalue weighted by Crippen LogP contribution is -2.35. The average Bonchev–Trinajstić information content (AvgIpc) is 2.95. The molecular formula is C21H26FN3O3S. The second kappa shape index (κ2) is 8.92. The minimum absolute atomic E-state index is 0.000724. The maximum Gasteiger partial charge on any atom is 0.261 e. The molecule has 1 fully saturated rings. The first-order valence-electron chi connectivity index (χ1n) is 9.71. The number of carbonyl (C=O) groups is 1. The zero-order chi connectivity index (χ0) is 21.0. The van der Waals surface area contributed by atoms with Gasteiger partial charge in [-0.15, -0.1) is 0 Å². The Morgan fingerprint density at radius 2 is 1.79 bits per heavy atom. The van der Waals surface area contributed by atoms with Crippen LogP contribution >= 0.6 is 0 Å². The first kappa shape index (κ1) is 21.3. The van der Waals surface area contributed by atoms with Gasteiger partial charge in [-0.1, -0.05) is 13.0 Å². The van der Waals surface area contributed by atoms with Gasteiger partial charge in [0.05, 0.1) is 4.90 Å². The summed E-state index contributed by atoms with van der Waals surface area (Å²) in [6, 6.07) is 9.60. The van der Waals surface area contributed by atoms with E-state index >= 15 is 0 Å². The molecule has 3 rings (SSSR count). The second-order valence-corrected chi connectivity index (χ2v) is 8.85. The maximum absolute atomic E-state index is 13.1. The molecule has 8 heteroatoms. The monoisotopic (exact) mass is 419 g/mol. The van der Waals surface area contributed by atoms with E-state index in [0.717, 1.165) is 31.6 Å². The summed E-state index contributed by atoms with van der Waals surface area (Å²) >= 11 is 0. The molecule has 1 heterocycles. The van der Waals surface area contributed by atoms with Crippen molar-refractivity contribution in [2.45, 2.75) is 25.2 Å². The van der Waals surface area contributed by atoms with E-state index in [4.69, 9.17) is 0 Å². The second-order valence-electron chi connectivity index (χ2n) is 7.17. The largest absolute Gasteiger partial charge is 0.337 e. The van der Waals surface area contributed by atoms with Crippen molar-refractivity contribution in [2.75, 3.05) is 37.4 Å². The molecule has 0 atom stereocenters. The summed E-state index contributed by atoms with van der Waals surface area (Å²) in [6.07, 6.45) is 0.892. The van der Waals surface area contributed by atoms with Gasteiger partial charge in [0, 0.05) is 30.9 Å². The predicted molar refractivity (Wildman–Crippen MR) is 111 cm³/mol. The summed E-state index contributed by atoms with van der Waals surface area (Å²) in [5.74, 6) is -0.602. The highest BCUT2D eigenvalue weighted by atomic mass is 32.2. The van der Waals surface area contributed by atoms with Crippen LogP contribution in [0.4, 0.5) is 10.1 Å². The molecule has 1 amide bonds. The van der Waals surface area contributed by atoms with Gasteiger partial charge < -0.3 is 9.80 Å². The van der Waals surface area contributed by atoms with Crippen LogP contribution in [0.3, 0.4) is 0 Å². The number of likely N-dealkylation sites (N-methyl/N-ethyl adjacent to an activating group) is 1. The smallest absolute Gasteiger partial charge is 0.261 e. The molecule has 6 nitrogen and oxygen atoms in total. The molecule has 29 heavy (non-hydrogen) atoms. The molecule has 0 aromatic heterocycles. The summed E-state index contributed by atoms with van der Waals surface area (Å²) < 4.78 is 41.0. The van der Waals surface area contributed by atoms with E-state index < -0.39 is 15.8 Å². The van der Waals surface area contributed by atoms with Gasteiger partial charge in [0.15, 0.2) is 0 Å². The highest BCUT2D eigenvalue weighted by Crippen LogP contribution is 2.21. The van der Waals surface area contributed by atoms with E-state index in [0.29, 0.717) is 18.7 Å². The quantitative estimate of drug-likeness (QED) is 0.809. The number of sulfonamides is 1. The van der Waals surface area contributed by atoms with Gasteiger partial charge >= 0.3 is 0 Å². The van der Waals surface area contributed by atoms with Crippen LogP contribution in [-0.2, 0) is 10.0 Å². The molecule has 0 radical (unpaired) electrons. The van der Waals surface area contributed by atoms with Gasteiger partial charge in [-0.2, -0.15) is 0 Å². The number of nitrogens with one attached hydrogen (secondary N) is 1. The third-order valence-corrected chi connectivity index (χ3v) is 6.55. The first-order chi connectivity index (χ1) is 13.8. The Hall–Kier alpha value is -2.45. The SMILES string of the molecule is CCN1CCCN(C(=O)c2cc(S(=O)(=O)Nc3ccc(F)cc3)ccc2C)CC1. The van der Waals surface area contributed by atoms with Crippen LogP contribution in [0.2, 0.25) is 0 Å². The van der Waals surface area contributed by atoms with E-state index in [1.807, 2.05) is 0 Å². The topological polar surface area (TPSA) is 69.7 Å². The number of hydrogen-bond donors (Lipinski definition) is 1. The molecule has 2 aromatic rings. The Morgan fingerprint density at radius 3 is 2.48 bits per heavy atom. The van der Waals surface area contributed by atoms with Gasteiger partial charge in [0.2, 0.25) is 0 Å². The molecule has 0 spiro atoms. The van der Waals surface area contributed by atoms with Crippen molar-refractivity contribution >= 4 is 21.6 Å². The third-order valence-electron chi connectivity index (χ3n) is 5.17. The van der Waals surface area contributed by atoms with Crippen molar-refractivity contribution in [1.29, 1.82) is 0 Å². The van der Waals surface area contributed by atoms with Crippen LogP contribution in [0, 0.1) is 12.7 Å². The van der Waals surface area contributed by atoms with Crippen molar-refractivity contribution < 1.29 is 17.6 Å². The Kier molecular flexibility index (Phi) is 6.54. The zero-order valence-electron chi connectivity index (χ0n) is 16.7.